The molecule has 0 aromatic rings. The minimum absolute atomic E-state index is 0.960. The van der Waals surface area contributed by atoms with Gasteiger partial charge < -0.3 is 4.55 Å². The van der Waals surface area contributed by atoms with Gasteiger partial charge in [-0.3, -0.25) is 14.4 Å². The summed E-state index contributed by atoms with van der Waals surface area (Å²) in [6.07, 6.45) is 0. The Bertz CT molecular complexity index is 113. The van der Waals surface area contributed by atoms with Gasteiger partial charge in [0.2, 0.25) is 0 Å². The minimum atomic E-state index is -2.59. The Labute approximate surface area is 47.8 Å². The fourth-order valence-corrected chi connectivity index (χ4v) is 0.315. The van der Waals surface area contributed by atoms with E-state index in [0.717, 1.165) is 0 Å². The maximum Gasteiger partial charge on any atom is 0.339 e. The number of carbonyl (C=O) groups is 1. The number of hydrogen-bond donors (Lipinski definition) is 3. The van der Waals surface area contributed by atoms with Gasteiger partial charge in [0.25, 0.3) is 0 Å². The molecular weight excluding hydrogens is 134 g/mol. The number of urea groups is 1. The molecule has 0 aromatic carbocycles. The Hall–Kier alpha value is -0.660. The highest BCUT2D eigenvalue weighted by Gasteiger charge is 1.90. The Morgan fingerprint density at radius 2 is 2.25 bits per heavy atom. The van der Waals surface area contributed by atoms with E-state index in [4.69, 9.17) is 0 Å². The maximum absolute atomic E-state index is 9.88. The van der Waals surface area contributed by atoms with E-state index in [-0.39, 0.29) is 0 Å². The van der Waals surface area contributed by atoms with Crippen LogP contribution in [0.15, 0.2) is 0 Å². The lowest BCUT2D eigenvalue weighted by Crippen LogP contribution is -2.40. The fraction of sp³-hybridized carbons (Fsp3) is 0. The van der Waals surface area contributed by atoms with E-state index >= 15 is 0 Å². The number of nitrogens with two attached hydrogens (primary N) is 1. The standard InChI is InChI=1S/CH5N3O3S/c2-3-1(5)4-8(6)7/h2H2,(H,6,7)(H2,3,4,5)/p-1. The highest BCUT2D eigenvalue weighted by atomic mass is 32.2. The molecule has 0 radical (unpaired) electrons. The predicted octanol–water partition coefficient (Wildman–Crippen LogP) is -2.05. The molecule has 0 aliphatic rings. The first kappa shape index (κ1) is 7.34. The molecule has 0 spiro atoms. The van der Waals surface area contributed by atoms with E-state index in [1.165, 1.54) is 4.72 Å². The molecule has 0 rings (SSSR count). The quantitative estimate of drug-likeness (QED) is 0.168. The smallest absolute Gasteiger partial charge is 0.339 e. The van der Waals surface area contributed by atoms with Crippen LogP contribution in [0.25, 0.3) is 0 Å². The van der Waals surface area contributed by atoms with E-state index < -0.39 is 17.3 Å². The Morgan fingerprint density at radius 1 is 1.75 bits per heavy atom. The second-order valence-corrected chi connectivity index (χ2v) is 1.48. The minimum Gasteiger partial charge on any atom is -0.755 e. The van der Waals surface area contributed by atoms with Crippen molar-refractivity contribution in [2.24, 2.45) is 5.84 Å². The van der Waals surface area contributed by atoms with Crippen LogP contribution in [0, 0.1) is 0 Å². The zero-order valence-corrected chi connectivity index (χ0v) is 4.53. The van der Waals surface area contributed by atoms with E-state index in [1.54, 1.807) is 5.43 Å². The molecule has 0 aliphatic heterocycles. The van der Waals surface area contributed by atoms with Crippen LogP contribution in [-0.2, 0) is 11.3 Å². The number of carbonyl (C=O) groups excluding carboxylic acids is 1. The average Bonchev–Trinajstić information content (AvgIpc) is 1.65. The van der Waals surface area contributed by atoms with Gasteiger partial charge in [-0.25, -0.2) is 10.6 Å². The summed E-state index contributed by atoms with van der Waals surface area (Å²) in [6.45, 7) is 0. The molecule has 2 amide bonds. The van der Waals surface area contributed by atoms with Crippen LogP contribution in [-0.4, -0.2) is 14.8 Å². The zero-order chi connectivity index (χ0) is 6.57. The molecule has 0 heterocycles. The van der Waals surface area contributed by atoms with E-state index in [0.29, 0.717) is 0 Å². The number of hydrogen-bond acceptors (Lipinski definition) is 4. The van der Waals surface area contributed by atoms with Gasteiger partial charge in [-0.05, 0) is 0 Å². The molecule has 0 bridgehead atoms. The van der Waals surface area contributed by atoms with Gasteiger partial charge in [0, 0.05) is 11.3 Å². The van der Waals surface area contributed by atoms with Crippen LogP contribution in [0.1, 0.15) is 0 Å². The number of hydrazine groups is 1. The molecule has 0 aromatic heterocycles. The van der Waals surface area contributed by atoms with Gasteiger partial charge in [-0.1, -0.05) is 0 Å². The summed E-state index contributed by atoms with van der Waals surface area (Å²) < 4.78 is 20.5. The molecule has 1 atom stereocenters. The molecule has 0 saturated carbocycles. The van der Waals surface area contributed by atoms with Crippen LogP contribution in [0.3, 0.4) is 0 Å². The summed E-state index contributed by atoms with van der Waals surface area (Å²) in [7, 11) is 0. The van der Waals surface area contributed by atoms with Crippen molar-refractivity contribution in [3.8, 4) is 0 Å². The van der Waals surface area contributed by atoms with Crippen molar-refractivity contribution in [1.29, 1.82) is 0 Å². The van der Waals surface area contributed by atoms with Gasteiger partial charge in [0.1, 0.15) is 0 Å². The number of amides is 2. The maximum atomic E-state index is 9.88. The predicted molar refractivity (Wildman–Crippen MR) is 24.8 cm³/mol. The van der Waals surface area contributed by atoms with Gasteiger partial charge >= 0.3 is 6.03 Å². The molecule has 1 unspecified atom stereocenters. The lowest BCUT2D eigenvalue weighted by atomic mass is 11.2. The molecular formula is CH4N3O3S-. The van der Waals surface area contributed by atoms with Crippen LogP contribution < -0.4 is 16.0 Å². The average molecular weight is 138 g/mol. The van der Waals surface area contributed by atoms with Gasteiger partial charge in [-0.2, -0.15) is 0 Å². The molecule has 0 aliphatic carbocycles. The van der Waals surface area contributed by atoms with Crippen molar-refractivity contribution in [2.75, 3.05) is 0 Å². The monoisotopic (exact) mass is 138 g/mol. The van der Waals surface area contributed by atoms with Crippen LogP contribution in [0.4, 0.5) is 4.79 Å². The second kappa shape index (κ2) is 3.36. The zero-order valence-electron chi connectivity index (χ0n) is 3.71. The molecule has 6 nitrogen and oxygen atoms in total. The van der Waals surface area contributed by atoms with Crippen molar-refractivity contribution in [3.05, 3.63) is 0 Å². The highest BCUT2D eigenvalue weighted by molar-refractivity contribution is 7.77. The molecule has 8 heavy (non-hydrogen) atoms. The highest BCUT2D eigenvalue weighted by Crippen LogP contribution is 1.60. The van der Waals surface area contributed by atoms with Crippen molar-refractivity contribution >= 4 is 17.3 Å². The summed E-state index contributed by atoms with van der Waals surface area (Å²) >= 11 is -2.59. The largest absolute Gasteiger partial charge is 0.755 e. The summed E-state index contributed by atoms with van der Waals surface area (Å²) in [4.78, 5) is 9.88. The normalized spacial score (nSPS) is 12.2. The Kier molecular flexibility index (Phi) is 3.08. The Balaban J connectivity index is 3.40. The van der Waals surface area contributed by atoms with E-state index in [2.05, 4.69) is 5.84 Å². The first-order chi connectivity index (χ1) is 3.66. The van der Waals surface area contributed by atoms with Gasteiger partial charge in [-0.15, -0.1) is 0 Å². The molecule has 4 N–H and O–H groups in total. The lowest BCUT2D eigenvalue weighted by Gasteiger charge is -2.03. The second-order valence-electron chi connectivity index (χ2n) is 0.810. The summed E-state index contributed by atoms with van der Waals surface area (Å²) in [6, 6.07) is -0.960. The Morgan fingerprint density at radius 3 is 2.38 bits per heavy atom. The molecule has 48 valence electrons. The van der Waals surface area contributed by atoms with Crippen molar-refractivity contribution in [2.45, 2.75) is 0 Å². The summed E-state index contributed by atoms with van der Waals surface area (Å²) in [5.74, 6) is 4.48. The first-order valence-corrected chi connectivity index (χ1v) is 2.61. The summed E-state index contributed by atoms with van der Waals surface area (Å²) in [5.41, 5.74) is 1.55. The molecule has 0 fully saturated rings. The third-order valence-corrected chi connectivity index (χ3v) is 0.659. The lowest BCUT2D eigenvalue weighted by molar-refractivity contribution is 0.246. The molecule has 7 heteroatoms. The van der Waals surface area contributed by atoms with Crippen molar-refractivity contribution < 1.29 is 13.6 Å². The number of rotatable bonds is 1. The SMILES string of the molecule is NNC(=O)NS(=O)[O-]. The third-order valence-electron chi connectivity index (χ3n) is 0.307. The van der Waals surface area contributed by atoms with Crippen LogP contribution >= 0.6 is 0 Å². The van der Waals surface area contributed by atoms with Gasteiger partial charge in [0.05, 0.1) is 0 Å². The van der Waals surface area contributed by atoms with Crippen LogP contribution in [0.2, 0.25) is 0 Å². The van der Waals surface area contributed by atoms with Crippen molar-refractivity contribution in [1.82, 2.24) is 10.1 Å². The third kappa shape index (κ3) is 3.53. The van der Waals surface area contributed by atoms with Crippen LogP contribution in [0.5, 0.6) is 0 Å². The molecule has 0 saturated heterocycles. The number of nitrogens with one attached hydrogen (secondary N) is 2. The van der Waals surface area contributed by atoms with Gasteiger partial charge in [0.15, 0.2) is 0 Å². The summed E-state index contributed by atoms with van der Waals surface area (Å²) in [5, 5.41) is 0. The topological polar surface area (TPSA) is 107 Å². The van der Waals surface area contributed by atoms with E-state index in [9.17, 15) is 13.6 Å². The fourth-order valence-electron chi connectivity index (χ4n) is 0.105. The van der Waals surface area contributed by atoms with E-state index in [1.807, 2.05) is 0 Å². The first-order valence-electron chi connectivity index (χ1n) is 1.53. The van der Waals surface area contributed by atoms with Crippen molar-refractivity contribution in [3.63, 3.8) is 0 Å².